The first-order valence-electron chi connectivity index (χ1n) is 9.14. The smallest absolute Gasteiger partial charge is 0.111 e. The number of aliphatic hydroxyl groups excluding tert-OH is 5. The van der Waals surface area contributed by atoms with Crippen LogP contribution in [0.2, 0.25) is 0 Å². The summed E-state index contributed by atoms with van der Waals surface area (Å²) >= 11 is 0. The predicted molar refractivity (Wildman–Crippen MR) is 105 cm³/mol. The molecule has 4 atom stereocenters. The van der Waals surface area contributed by atoms with Crippen LogP contribution in [0.5, 0.6) is 0 Å². The van der Waals surface area contributed by atoms with Crippen LogP contribution in [0.25, 0.3) is 0 Å². The molecule has 0 heterocycles. The summed E-state index contributed by atoms with van der Waals surface area (Å²) in [6.07, 6.45) is -6.19. The Kier molecular flexibility index (Phi) is 7.14. The topological polar surface area (TPSA) is 101 Å². The van der Waals surface area contributed by atoms with Crippen LogP contribution < -0.4 is 0 Å². The Morgan fingerprint density at radius 2 is 1.07 bits per heavy atom. The highest BCUT2D eigenvalue weighted by atomic mass is 16.4. The molecule has 5 heteroatoms. The molecule has 27 heavy (non-hydrogen) atoms. The molecule has 2 aromatic rings. The Bertz CT molecular complexity index is 722. The lowest BCUT2D eigenvalue weighted by atomic mass is 9.81. The van der Waals surface area contributed by atoms with Gasteiger partial charge in [0.25, 0.3) is 0 Å². The van der Waals surface area contributed by atoms with Crippen LogP contribution in [0, 0.1) is 27.7 Å². The van der Waals surface area contributed by atoms with Gasteiger partial charge in [0.15, 0.2) is 0 Å². The van der Waals surface area contributed by atoms with Gasteiger partial charge in [0.1, 0.15) is 18.3 Å². The summed E-state index contributed by atoms with van der Waals surface area (Å²) in [5.74, 6) is -0.598. The third kappa shape index (κ3) is 4.75. The molecule has 5 N–H and O–H groups in total. The van der Waals surface area contributed by atoms with E-state index in [1.165, 1.54) is 0 Å². The summed E-state index contributed by atoms with van der Waals surface area (Å²) in [5, 5.41) is 50.1. The van der Waals surface area contributed by atoms with Gasteiger partial charge in [-0.3, -0.25) is 0 Å². The normalized spacial score (nSPS) is 16.2. The van der Waals surface area contributed by atoms with E-state index in [1.54, 1.807) is 0 Å². The average molecular weight is 374 g/mol. The zero-order valence-electron chi connectivity index (χ0n) is 16.3. The quantitative estimate of drug-likeness (QED) is 0.505. The van der Waals surface area contributed by atoms with Gasteiger partial charge in [-0.1, -0.05) is 36.4 Å². The van der Waals surface area contributed by atoms with Gasteiger partial charge >= 0.3 is 0 Å². The molecule has 0 aromatic heterocycles. The Morgan fingerprint density at radius 1 is 0.630 bits per heavy atom. The fourth-order valence-corrected chi connectivity index (χ4v) is 3.24. The molecule has 0 unspecified atom stereocenters. The minimum Gasteiger partial charge on any atom is -0.394 e. The molecule has 0 radical (unpaired) electrons. The molecule has 2 rings (SSSR count). The van der Waals surface area contributed by atoms with E-state index in [0.29, 0.717) is 0 Å². The molecule has 0 saturated heterocycles. The average Bonchev–Trinajstić information content (AvgIpc) is 2.65. The second-order valence-corrected chi connectivity index (χ2v) is 7.39. The minimum absolute atomic E-state index is 0.598. The second kappa shape index (κ2) is 8.95. The molecule has 0 fully saturated rings. The van der Waals surface area contributed by atoms with Gasteiger partial charge in [0.2, 0.25) is 0 Å². The summed E-state index contributed by atoms with van der Waals surface area (Å²) in [5.41, 5.74) is 5.95. The lowest BCUT2D eigenvalue weighted by Crippen LogP contribution is -2.48. The number of hydrogen-bond acceptors (Lipinski definition) is 5. The second-order valence-electron chi connectivity index (χ2n) is 7.39. The van der Waals surface area contributed by atoms with E-state index in [1.807, 2.05) is 64.1 Å². The van der Waals surface area contributed by atoms with Crippen molar-refractivity contribution in [1.29, 1.82) is 0 Å². The molecular formula is C22H30O5. The van der Waals surface area contributed by atoms with Gasteiger partial charge in [-0.15, -0.1) is 0 Å². The Morgan fingerprint density at radius 3 is 1.44 bits per heavy atom. The van der Waals surface area contributed by atoms with Crippen molar-refractivity contribution < 1.29 is 25.5 Å². The zero-order chi connectivity index (χ0) is 20.3. The first-order valence-corrected chi connectivity index (χ1v) is 9.14. The van der Waals surface area contributed by atoms with E-state index < -0.39 is 36.9 Å². The number of benzene rings is 2. The van der Waals surface area contributed by atoms with Crippen LogP contribution in [0.4, 0.5) is 0 Å². The van der Waals surface area contributed by atoms with Crippen LogP contribution in [0.1, 0.15) is 39.3 Å². The minimum atomic E-state index is -1.66. The molecule has 148 valence electrons. The lowest BCUT2D eigenvalue weighted by Gasteiger charge is -2.32. The highest BCUT2D eigenvalue weighted by Crippen LogP contribution is 2.33. The van der Waals surface area contributed by atoms with Crippen LogP contribution in [0.15, 0.2) is 36.4 Å². The highest BCUT2D eigenvalue weighted by Gasteiger charge is 2.36. The molecule has 0 aliphatic heterocycles. The summed E-state index contributed by atoms with van der Waals surface area (Å²) < 4.78 is 0. The maximum Gasteiger partial charge on any atom is 0.111 e. The molecule has 0 aliphatic rings. The van der Waals surface area contributed by atoms with E-state index in [0.717, 1.165) is 33.4 Å². The standard InChI is InChI=1S/C22H30O5/c1-12-5-7-16(9-14(12)3)19(17-8-6-13(2)15(4)10-17)21(26)22(27)20(25)18(24)11-23/h5-10,18-27H,11H2,1-4H3/t18-,20-,21-,22-/m1/s1. The molecule has 2 aromatic carbocycles. The zero-order valence-corrected chi connectivity index (χ0v) is 16.3. The van der Waals surface area contributed by atoms with E-state index in [-0.39, 0.29) is 0 Å². The van der Waals surface area contributed by atoms with Gasteiger partial charge in [-0.2, -0.15) is 0 Å². The first kappa shape index (κ1) is 21.5. The monoisotopic (exact) mass is 374 g/mol. The molecule has 0 bridgehead atoms. The lowest BCUT2D eigenvalue weighted by molar-refractivity contribution is -0.117. The number of aliphatic hydroxyl groups is 5. The van der Waals surface area contributed by atoms with Crippen LogP contribution in [0.3, 0.4) is 0 Å². The predicted octanol–water partition coefficient (Wildman–Crippen LogP) is 1.49. The fourth-order valence-electron chi connectivity index (χ4n) is 3.24. The van der Waals surface area contributed by atoms with E-state index in [9.17, 15) is 20.4 Å². The van der Waals surface area contributed by atoms with Gasteiger partial charge in [-0.05, 0) is 61.1 Å². The first-order chi connectivity index (χ1) is 12.7. The third-order valence-electron chi connectivity index (χ3n) is 5.40. The van der Waals surface area contributed by atoms with Crippen LogP contribution in [-0.4, -0.2) is 56.6 Å². The molecule has 0 amide bonds. The SMILES string of the molecule is Cc1ccc(C(c2ccc(C)c(C)c2)[C@@H](O)[C@H](O)[C@H](O)[C@H](O)CO)cc1C. The fraction of sp³-hybridized carbons (Fsp3) is 0.455. The van der Waals surface area contributed by atoms with E-state index in [2.05, 4.69) is 0 Å². The third-order valence-corrected chi connectivity index (χ3v) is 5.40. The Hall–Kier alpha value is -1.76. The van der Waals surface area contributed by atoms with Crippen molar-refractivity contribution in [3.8, 4) is 0 Å². The van der Waals surface area contributed by atoms with Crippen molar-refractivity contribution in [3.05, 3.63) is 69.8 Å². The molecular weight excluding hydrogens is 344 g/mol. The highest BCUT2D eigenvalue weighted by molar-refractivity contribution is 5.41. The summed E-state index contributed by atoms with van der Waals surface area (Å²) in [4.78, 5) is 0. The van der Waals surface area contributed by atoms with E-state index >= 15 is 0 Å². The van der Waals surface area contributed by atoms with Crippen molar-refractivity contribution >= 4 is 0 Å². The van der Waals surface area contributed by atoms with Gasteiger partial charge < -0.3 is 25.5 Å². The van der Waals surface area contributed by atoms with Crippen molar-refractivity contribution in [2.75, 3.05) is 6.61 Å². The van der Waals surface area contributed by atoms with Gasteiger partial charge in [0.05, 0.1) is 12.7 Å². The summed E-state index contributed by atoms with van der Waals surface area (Å²) in [6, 6.07) is 11.6. The summed E-state index contributed by atoms with van der Waals surface area (Å²) in [7, 11) is 0. The largest absolute Gasteiger partial charge is 0.394 e. The number of aryl methyl sites for hydroxylation is 4. The van der Waals surface area contributed by atoms with Crippen molar-refractivity contribution in [2.45, 2.75) is 58.0 Å². The Balaban J connectivity index is 2.51. The molecule has 0 spiro atoms. The van der Waals surface area contributed by atoms with Crippen LogP contribution in [-0.2, 0) is 0 Å². The number of hydrogen-bond donors (Lipinski definition) is 5. The maximum absolute atomic E-state index is 10.9. The van der Waals surface area contributed by atoms with Crippen LogP contribution >= 0.6 is 0 Å². The number of rotatable bonds is 7. The summed E-state index contributed by atoms with van der Waals surface area (Å²) in [6.45, 7) is 7.24. The molecule has 0 saturated carbocycles. The van der Waals surface area contributed by atoms with Crippen molar-refractivity contribution in [3.63, 3.8) is 0 Å². The maximum atomic E-state index is 10.9. The van der Waals surface area contributed by atoms with Crippen molar-refractivity contribution in [2.24, 2.45) is 0 Å². The van der Waals surface area contributed by atoms with Gasteiger partial charge in [0, 0.05) is 5.92 Å². The van der Waals surface area contributed by atoms with Gasteiger partial charge in [-0.25, -0.2) is 0 Å². The van der Waals surface area contributed by atoms with E-state index in [4.69, 9.17) is 5.11 Å². The molecule has 5 nitrogen and oxygen atoms in total. The Labute approximate surface area is 160 Å². The molecule has 0 aliphatic carbocycles. The van der Waals surface area contributed by atoms with Crippen molar-refractivity contribution in [1.82, 2.24) is 0 Å².